The van der Waals surface area contributed by atoms with Crippen LogP contribution in [0.2, 0.25) is 0 Å². The van der Waals surface area contributed by atoms with Crippen molar-refractivity contribution in [2.24, 2.45) is 0 Å². The summed E-state index contributed by atoms with van der Waals surface area (Å²) < 4.78 is 36.6. The second-order valence-corrected chi connectivity index (χ2v) is 9.01. The molecule has 1 aliphatic heterocycles. The number of pyridine rings is 1. The summed E-state index contributed by atoms with van der Waals surface area (Å²) in [6.45, 7) is 3.13. The maximum absolute atomic E-state index is 11.8. The van der Waals surface area contributed by atoms with Crippen molar-refractivity contribution in [3.63, 3.8) is 0 Å². The van der Waals surface area contributed by atoms with E-state index in [0.29, 0.717) is 30.1 Å². The van der Waals surface area contributed by atoms with Crippen LogP contribution >= 0.6 is 13.5 Å². The highest BCUT2D eigenvalue weighted by atomic mass is 32.2. The largest absolute Gasteiger partial charge is 0.473 e. The minimum Gasteiger partial charge on any atom is -0.473 e. The van der Waals surface area contributed by atoms with Crippen LogP contribution in [0.1, 0.15) is 5.56 Å². The van der Waals surface area contributed by atoms with Gasteiger partial charge in [-0.2, -0.15) is 17.8 Å². The average Bonchev–Trinajstić information content (AvgIpc) is 2.72. The smallest absolute Gasteiger partial charge is 0.242 e. The molecule has 0 radical (unpaired) electrons. The van der Waals surface area contributed by atoms with E-state index in [2.05, 4.69) is 15.0 Å². The molecule has 0 bridgehead atoms. The number of hydrogen-bond donors (Lipinski definition) is 0. The van der Waals surface area contributed by atoms with Gasteiger partial charge in [0.2, 0.25) is 15.9 Å². The predicted molar refractivity (Wildman–Crippen MR) is 120 cm³/mol. The lowest BCUT2D eigenvalue weighted by atomic mass is 10.1. The van der Waals surface area contributed by atoms with Gasteiger partial charge in [0.1, 0.15) is 12.7 Å². The molecule has 4 rings (SSSR count). The number of hydrogen-bond acceptors (Lipinski definition) is 7. The molecule has 0 aliphatic carbocycles. The Kier molecular flexibility index (Phi) is 6.91. The summed E-state index contributed by atoms with van der Waals surface area (Å²) in [7, 11) is -3.26. The Balaban J connectivity index is 0.00000256. The number of fused-ring (bicyclic) bond motifs is 1. The second kappa shape index (κ2) is 9.25. The number of rotatable bonds is 5. The first-order valence-corrected chi connectivity index (χ1v) is 11.1. The summed E-state index contributed by atoms with van der Waals surface area (Å²) in [6.07, 6.45) is 4.03. The maximum Gasteiger partial charge on any atom is 0.242 e. The number of sulfonamides is 1. The summed E-state index contributed by atoms with van der Waals surface area (Å²) in [4.78, 5) is 13.4. The summed E-state index contributed by atoms with van der Waals surface area (Å²) in [5, 5.41) is 0. The monoisotopic (exact) mass is 448 g/mol. The van der Waals surface area contributed by atoms with Gasteiger partial charge in [0, 0.05) is 31.0 Å². The summed E-state index contributed by atoms with van der Waals surface area (Å²) >= 11 is 0. The number of benzene rings is 1. The highest BCUT2D eigenvalue weighted by Crippen LogP contribution is 2.27. The van der Waals surface area contributed by atoms with Crippen LogP contribution < -0.4 is 4.74 Å². The van der Waals surface area contributed by atoms with E-state index in [9.17, 15) is 8.42 Å². The zero-order valence-corrected chi connectivity index (χ0v) is 18.6. The summed E-state index contributed by atoms with van der Waals surface area (Å²) in [5.41, 5.74) is 4.07. The molecule has 0 spiro atoms. The molecule has 160 valence electrons. The van der Waals surface area contributed by atoms with E-state index in [0.717, 1.165) is 16.8 Å². The van der Waals surface area contributed by atoms with Gasteiger partial charge in [-0.15, -0.1) is 0 Å². The van der Waals surface area contributed by atoms with Gasteiger partial charge in [-0.1, -0.05) is 29.8 Å². The van der Waals surface area contributed by atoms with Crippen molar-refractivity contribution in [3.05, 3.63) is 48.3 Å². The first kappa shape index (κ1) is 22.4. The lowest BCUT2D eigenvalue weighted by Gasteiger charge is -2.30. The van der Waals surface area contributed by atoms with E-state index < -0.39 is 10.0 Å². The van der Waals surface area contributed by atoms with Crippen LogP contribution in [0.5, 0.6) is 5.88 Å². The number of ether oxygens (including phenoxy) is 2. The molecule has 0 unspecified atom stereocenters. The van der Waals surface area contributed by atoms with Crippen molar-refractivity contribution in [2.75, 3.05) is 32.6 Å². The number of aryl methyl sites for hydroxylation is 1. The molecule has 1 fully saturated rings. The number of nitrogens with zero attached hydrogens (tertiary/aromatic N) is 4. The van der Waals surface area contributed by atoms with Crippen LogP contribution in [0.4, 0.5) is 0 Å². The quantitative estimate of drug-likeness (QED) is 0.590. The molecule has 0 amide bonds. The highest BCUT2D eigenvalue weighted by molar-refractivity contribution is 7.88. The Morgan fingerprint density at radius 2 is 1.93 bits per heavy atom. The molecule has 0 N–H and O–H groups in total. The van der Waals surface area contributed by atoms with Crippen LogP contribution in [-0.2, 0) is 14.8 Å². The zero-order chi connectivity index (χ0) is 20.4. The third-order valence-electron chi connectivity index (χ3n) is 4.75. The minimum absolute atomic E-state index is 0. The SMILES string of the molecule is Cc1ccc(-c2cc3nccnc3c(OC[C@@H]3CN(S(C)(=O)=O)CCO3)n2)cc1.S. The van der Waals surface area contributed by atoms with Crippen LogP contribution in [0.15, 0.2) is 42.7 Å². The van der Waals surface area contributed by atoms with Crippen molar-refractivity contribution in [1.82, 2.24) is 19.3 Å². The van der Waals surface area contributed by atoms with Crippen LogP contribution in [-0.4, -0.2) is 66.3 Å². The van der Waals surface area contributed by atoms with E-state index in [1.165, 1.54) is 10.6 Å². The Labute approximate surface area is 182 Å². The molecule has 10 heteroatoms. The third-order valence-corrected chi connectivity index (χ3v) is 6.02. The van der Waals surface area contributed by atoms with E-state index >= 15 is 0 Å². The fourth-order valence-corrected chi connectivity index (χ4v) is 4.03. The van der Waals surface area contributed by atoms with Gasteiger partial charge in [-0.3, -0.25) is 4.98 Å². The molecule has 30 heavy (non-hydrogen) atoms. The number of morpholine rings is 1. The van der Waals surface area contributed by atoms with Crippen molar-refractivity contribution in [1.29, 1.82) is 0 Å². The predicted octanol–water partition coefficient (Wildman–Crippen LogP) is 2.15. The second-order valence-electron chi connectivity index (χ2n) is 7.03. The Hall–Kier alpha value is -2.27. The highest BCUT2D eigenvalue weighted by Gasteiger charge is 2.27. The van der Waals surface area contributed by atoms with Crippen molar-refractivity contribution < 1.29 is 17.9 Å². The molecule has 8 nitrogen and oxygen atoms in total. The Morgan fingerprint density at radius 3 is 2.67 bits per heavy atom. The molecule has 1 atom stereocenters. The topological polar surface area (TPSA) is 94.5 Å². The summed E-state index contributed by atoms with van der Waals surface area (Å²) in [6, 6.07) is 9.92. The lowest BCUT2D eigenvalue weighted by Crippen LogP contribution is -2.47. The number of aromatic nitrogens is 3. The van der Waals surface area contributed by atoms with Gasteiger partial charge in [0.15, 0.2) is 5.52 Å². The Bertz CT molecular complexity index is 1120. The third kappa shape index (κ3) is 5.07. The fraction of sp³-hybridized carbons (Fsp3) is 0.350. The first-order chi connectivity index (χ1) is 13.9. The van der Waals surface area contributed by atoms with Crippen LogP contribution in [0.3, 0.4) is 0 Å². The van der Waals surface area contributed by atoms with Crippen molar-refractivity contribution in [3.8, 4) is 17.1 Å². The molecular formula is C20H24N4O4S2. The van der Waals surface area contributed by atoms with Gasteiger partial charge < -0.3 is 9.47 Å². The first-order valence-electron chi connectivity index (χ1n) is 9.28. The normalized spacial score (nSPS) is 17.5. The lowest BCUT2D eigenvalue weighted by molar-refractivity contribution is -0.0252. The zero-order valence-electron chi connectivity index (χ0n) is 16.8. The van der Waals surface area contributed by atoms with E-state index in [-0.39, 0.29) is 32.8 Å². The van der Waals surface area contributed by atoms with Gasteiger partial charge in [0.25, 0.3) is 0 Å². The Morgan fingerprint density at radius 1 is 1.20 bits per heavy atom. The average molecular weight is 449 g/mol. The molecule has 1 saturated heterocycles. The van der Waals surface area contributed by atoms with Crippen LogP contribution in [0.25, 0.3) is 22.3 Å². The molecule has 3 aromatic rings. The molecule has 3 heterocycles. The molecular weight excluding hydrogens is 424 g/mol. The van der Waals surface area contributed by atoms with Gasteiger partial charge in [-0.05, 0) is 13.0 Å². The molecule has 1 aliphatic rings. The fourth-order valence-electron chi connectivity index (χ4n) is 3.18. The molecule has 1 aromatic carbocycles. The van der Waals surface area contributed by atoms with E-state index in [1.807, 2.05) is 37.3 Å². The molecule has 0 saturated carbocycles. The maximum atomic E-state index is 11.8. The van der Waals surface area contributed by atoms with Gasteiger partial charge in [0.05, 0.1) is 24.1 Å². The minimum atomic E-state index is -3.26. The van der Waals surface area contributed by atoms with Crippen molar-refractivity contribution in [2.45, 2.75) is 13.0 Å². The van der Waals surface area contributed by atoms with E-state index in [4.69, 9.17) is 9.47 Å². The van der Waals surface area contributed by atoms with Crippen molar-refractivity contribution >= 4 is 34.6 Å². The molecule has 2 aromatic heterocycles. The van der Waals surface area contributed by atoms with Gasteiger partial charge in [-0.25, -0.2) is 18.4 Å². The van der Waals surface area contributed by atoms with Gasteiger partial charge >= 0.3 is 0 Å². The van der Waals surface area contributed by atoms with E-state index in [1.54, 1.807) is 12.4 Å². The standard InChI is InChI=1S/C20H22N4O4S.H2S/c1-14-3-5-15(6-4-14)17-11-18-19(22-8-7-21-18)20(23-17)28-13-16-12-24(9-10-27-16)29(2,25)26;/h3-8,11,16H,9-10,12-13H2,1-2H3;1H2/t16-;/m0./s1. The summed E-state index contributed by atoms with van der Waals surface area (Å²) in [5.74, 6) is 0.353. The van der Waals surface area contributed by atoms with Crippen LogP contribution in [0, 0.1) is 6.92 Å².